The number of carboxylic acids is 1. The third-order valence-electron chi connectivity index (χ3n) is 2.16. The smallest absolute Gasteiger partial charge is 0.342 e. The van der Waals surface area contributed by atoms with Crippen molar-refractivity contribution in [1.29, 1.82) is 0 Å². The molecule has 1 heterocycles. The van der Waals surface area contributed by atoms with Crippen LogP contribution in [0.15, 0.2) is 24.4 Å². The topological polar surface area (TPSA) is 72.3 Å². The number of nitrogens with zero attached hydrogens (tertiary/aromatic N) is 2. The Hall–Kier alpha value is -2.57. The van der Waals surface area contributed by atoms with Crippen LogP contribution in [-0.2, 0) is 0 Å². The van der Waals surface area contributed by atoms with Crippen molar-refractivity contribution in [3.8, 4) is 11.6 Å². The average molecular weight is 266 g/mol. The van der Waals surface area contributed by atoms with Crippen molar-refractivity contribution >= 4 is 5.97 Å². The molecule has 1 aromatic heterocycles. The van der Waals surface area contributed by atoms with Crippen LogP contribution in [0.2, 0.25) is 0 Å². The summed E-state index contributed by atoms with van der Waals surface area (Å²) in [6, 6.07) is 2.52. The van der Waals surface area contributed by atoms with Gasteiger partial charge in [0.05, 0.1) is 0 Å². The van der Waals surface area contributed by atoms with Gasteiger partial charge in [-0.3, -0.25) is 0 Å². The van der Waals surface area contributed by atoms with E-state index in [0.29, 0.717) is 6.07 Å². The molecule has 0 atom stereocenters. The fourth-order valence-corrected chi connectivity index (χ4v) is 1.37. The van der Waals surface area contributed by atoms with Gasteiger partial charge in [-0.2, -0.15) is 4.98 Å². The number of carbonyl (C=O) groups is 1. The van der Waals surface area contributed by atoms with E-state index < -0.39 is 17.6 Å². The minimum Gasteiger partial charge on any atom is -0.477 e. The molecule has 0 radical (unpaired) electrons. The van der Waals surface area contributed by atoms with E-state index in [4.69, 9.17) is 9.84 Å². The van der Waals surface area contributed by atoms with Gasteiger partial charge >= 0.3 is 5.97 Å². The molecule has 98 valence electrons. The Morgan fingerprint density at radius 3 is 2.47 bits per heavy atom. The summed E-state index contributed by atoms with van der Waals surface area (Å²) in [6.07, 6.45) is 1.07. The zero-order valence-electron chi connectivity index (χ0n) is 9.72. The number of hydrogen-bond donors (Lipinski definition) is 1. The van der Waals surface area contributed by atoms with E-state index in [0.717, 1.165) is 18.3 Å². The first-order chi connectivity index (χ1) is 8.95. The Kier molecular flexibility index (Phi) is 3.37. The van der Waals surface area contributed by atoms with Crippen LogP contribution in [0.5, 0.6) is 11.6 Å². The average Bonchev–Trinajstić information content (AvgIpc) is 2.26. The second kappa shape index (κ2) is 4.97. The van der Waals surface area contributed by atoms with Gasteiger partial charge in [-0.15, -0.1) is 0 Å². The second-order valence-corrected chi connectivity index (χ2v) is 3.65. The molecule has 0 spiro atoms. The fourth-order valence-electron chi connectivity index (χ4n) is 1.37. The van der Waals surface area contributed by atoms with Crippen LogP contribution in [0.4, 0.5) is 8.78 Å². The first-order valence-corrected chi connectivity index (χ1v) is 5.16. The van der Waals surface area contributed by atoms with Gasteiger partial charge in [0.15, 0.2) is 0 Å². The van der Waals surface area contributed by atoms with Crippen LogP contribution >= 0.6 is 0 Å². The van der Waals surface area contributed by atoms with Gasteiger partial charge in [0, 0.05) is 24.4 Å². The molecule has 0 amide bonds. The Morgan fingerprint density at radius 1 is 1.26 bits per heavy atom. The van der Waals surface area contributed by atoms with Gasteiger partial charge in [0.2, 0.25) is 5.88 Å². The number of rotatable bonds is 3. The zero-order valence-corrected chi connectivity index (χ0v) is 9.72. The lowest BCUT2D eigenvalue weighted by molar-refractivity contribution is 0.0693. The van der Waals surface area contributed by atoms with E-state index in [1.54, 1.807) is 0 Å². The third kappa shape index (κ3) is 3.01. The normalized spacial score (nSPS) is 10.3. The molecule has 0 saturated carbocycles. The summed E-state index contributed by atoms with van der Waals surface area (Å²) in [4.78, 5) is 18.5. The Bertz CT molecular complexity index is 627. The van der Waals surface area contributed by atoms with Crippen LogP contribution in [0.25, 0.3) is 0 Å². The van der Waals surface area contributed by atoms with Gasteiger partial charge < -0.3 is 9.84 Å². The van der Waals surface area contributed by atoms with Crippen molar-refractivity contribution in [3.05, 3.63) is 47.4 Å². The molecule has 0 aliphatic carbocycles. The minimum atomic E-state index is -1.30. The van der Waals surface area contributed by atoms with Gasteiger partial charge in [0.1, 0.15) is 28.8 Å². The van der Waals surface area contributed by atoms with Crippen molar-refractivity contribution in [3.63, 3.8) is 0 Å². The highest BCUT2D eigenvalue weighted by atomic mass is 19.1. The number of aryl methyl sites for hydroxylation is 1. The summed E-state index contributed by atoms with van der Waals surface area (Å²) in [7, 11) is 0. The Balaban J connectivity index is 2.42. The van der Waals surface area contributed by atoms with Crippen LogP contribution in [0, 0.1) is 18.6 Å². The molecule has 2 rings (SSSR count). The van der Waals surface area contributed by atoms with E-state index in [2.05, 4.69) is 9.97 Å². The van der Waals surface area contributed by atoms with Crippen molar-refractivity contribution in [2.45, 2.75) is 6.92 Å². The van der Waals surface area contributed by atoms with Crippen LogP contribution in [0.1, 0.15) is 16.2 Å². The monoisotopic (exact) mass is 266 g/mol. The molecule has 5 nitrogen and oxygen atoms in total. The quantitative estimate of drug-likeness (QED) is 0.924. The summed E-state index contributed by atoms with van der Waals surface area (Å²) < 4.78 is 31.1. The molecular weight excluding hydrogens is 258 g/mol. The Labute approximate surface area is 106 Å². The first kappa shape index (κ1) is 12.9. The number of hydrogen-bond acceptors (Lipinski definition) is 4. The number of ether oxygens (including phenoxy) is 1. The minimum absolute atomic E-state index is 0.182. The maximum absolute atomic E-state index is 13.0. The molecule has 0 unspecified atom stereocenters. The van der Waals surface area contributed by atoms with Gasteiger partial charge in [-0.05, 0) is 6.92 Å². The summed E-state index contributed by atoms with van der Waals surface area (Å²) in [5.41, 5.74) is -0.296. The third-order valence-corrected chi connectivity index (χ3v) is 2.16. The van der Waals surface area contributed by atoms with Crippen molar-refractivity contribution in [2.24, 2.45) is 0 Å². The molecule has 2 aromatic rings. The van der Waals surface area contributed by atoms with E-state index >= 15 is 0 Å². The van der Waals surface area contributed by atoms with E-state index in [9.17, 15) is 13.6 Å². The molecule has 0 saturated heterocycles. The molecule has 1 N–H and O–H groups in total. The maximum atomic E-state index is 13.0. The van der Waals surface area contributed by atoms with E-state index in [1.165, 1.54) is 6.92 Å². The summed E-state index contributed by atoms with van der Waals surface area (Å²) >= 11 is 0. The molecule has 0 aliphatic heterocycles. The van der Waals surface area contributed by atoms with Gasteiger partial charge in [-0.1, -0.05) is 0 Å². The Morgan fingerprint density at radius 2 is 1.89 bits per heavy atom. The molecule has 0 aliphatic rings. The van der Waals surface area contributed by atoms with Crippen LogP contribution in [0.3, 0.4) is 0 Å². The highest BCUT2D eigenvalue weighted by Crippen LogP contribution is 2.24. The van der Waals surface area contributed by atoms with Crippen LogP contribution < -0.4 is 4.74 Å². The van der Waals surface area contributed by atoms with E-state index in [-0.39, 0.29) is 23.0 Å². The lowest BCUT2D eigenvalue weighted by Gasteiger charge is -2.08. The fraction of sp³-hybridized carbons (Fsp3) is 0.0833. The molecular formula is C12H8F2N2O3. The summed E-state index contributed by atoms with van der Waals surface area (Å²) in [6.45, 7) is 1.53. The number of carboxylic acid groups (broad SMARTS) is 1. The lowest BCUT2D eigenvalue weighted by atomic mass is 10.3. The molecule has 1 aromatic carbocycles. The van der Waals surface area contributed by atoms with Crippen molar-refractivity contribution in [1.82, 2.24) is 9.97 Å². The first-order valence-electron chi connectivity index (χ1n) is 5.16. The zero-order chi connectivity index (χ0) is 14.0. The largest absolute Gasteiger partial charge is 0.477 e. The molecule has 0 bridgehead atoms. The van der Waals surface area contributed by atoms with E-state index in [1.807, 2.05) is 0 Å². The molecule has 0 fully saturated rings. The lowest BCUT2D eigenvalue weighted by Crippen LogP contribution is -2.04. The number of benzene rings is 1. The SMILES string of the molecule is Cc1ncc(C(=O)O)c(Oc2cc(F)cc(F)c2)n1. The predicted octanol–water partition coefficient (Wildman–Crippen LogP) is 2.55. The number of halogens is 2. The van der Waals surface area contributed by atoms with Crippen molar-refractivity contribution in [2.75, 3.05) is 0 Å². The highest BCUT2D eigenvalue weighted by Gasteiger charge is 2.15. The number of aromatic carboxylic acids is 1. The molecule has 19 heavy (non-hydrogen) atoms. The summed E-state index contributed by atoms with van der Waals surface area (Å²) in [5, 5.41) is 8.94. The standard InChI is InChI=1S/C12H8F2N2O3/c1-6-15-5-10(12(17)18)11(16-6)19-9-3-7(13)2-8(14)4-9/h2-5H,1H3,(H,17,18). The maximum Gasteiger partial charge on any atom is 0.342 e. The second-order valence-electron chi connectivity index (χ2n) is 3.65. The summed E-state index contributed by atoms with van der Waals surface area (Å²) in [5.74, 6) is -3.15. The number of aromatic nitrogens is 2. The van der Waals surface area contributed by atoms with Gasteiger partial charge in [-0.25, -0.2) is 18.6 Å². The van der Waals surface area contributed by atoms with Crippen LogP contribution in [-0.4, -0.2) is 21.0 Å². The van der Waals surface area contributed by atoms with Crippen molar-refractivity contribution < 1.29 is 23.4 Å². The molecule has 7 heteroatoms. The predicted molar refractivity (Wildman–Crippen MR) is 60.2 cm³/mol. The van der Waals surface area contributed by atoms with Gasteiger partial charge in [0.25, 0.3) is 0 Å². The highest BCUT2D eigenvalue weighted by molar-refractivity contribution is 5.89.